The van der Waals surface area contributed by atoms with E-state index in [4.69, 9.17) is 17.3 Å². The van der Waals surface area contributed by atoms with E-state index in [0.29, 0.717) is 50.8 Å². The van der Waals surface area contributed by atoms with Crippen LogP contribution in [0.25, 0.3) is 22.6 Å². The summed E-state index contributed by atoms with van der Waals surface area (Å²) < 4.78 is 34.7. The second-order valence-corrected chi connectivity index (χ2v) is 8.81. The van der Waals surface area contributed by atoms with Gasteiger partial charge in [-0.05, 0) is 36.5 Å². The van der Waals surface area contributed by atoms with Crippen molar-refractivity contribution in [3.05, 3.63) is 71.7 Å². The van der Waals surface area contributed by atoms with Crippen LogP contribution in [0.2, 0.25) is 5.02 Å². The van der Waals surface area contributed by atoms with Gasteiger partial charge in [0.15, 0.2) is 11.6 Å². The molecule has 0 bridgehead atoms. The van der Waals surface area contributed by atoms with Crippen LogP contribution in [-0.4, -0.2) is 47.7 Å². The summed E-state index contributed by atoms with van der Waals surface area (Å²) in [5.41, 5.74) is 7.53. The number of pyridine rings is 1. The van der Waals surface area contributed by atoms with E-state index in [1.54, 1.807) is 54.3 Å². The maximum atomic E-state index is 15.1. The Kier molecular flexibility index (Phi) is 6.22. The molecule has 0 aliphatic carbocycles. The molecule has 0 unspecified atom stereocenters. The van der Waals surface area contributed by atoms with E-state index in [0.717, 1.165) is 0 Å². The Labute approximate surface area is 215 Å². The Hall–Kier alpha value is -4.50. The lowest BCUT2D eigenvalue weighted by atomic mass is 10.1. The van der Waals surface area contributed by atoms with Crippen LogP contribution in [0, 0.1) is 11.3 Å². The summed E-state index contributed by atoms with van der Waals surface area (Å²) >= 11 is 6.45. The minimum Gasteiger partial charge on any atom is -0.404 e. The summed E-state index contributed by atoms with van der Waals surface area (Å²) in [6, 6.07) is 8.90. The summed E-state index contributed by atoms with van der Waals surface area (Å²) in [6.07, 6.45) is 7.72. The van der Waals surface area contributed by atoms with E-state index in [-0.39, 0.29) is 6.54 Å². The number of nitrogens with one attached hydrogen (secondary N) is 1. The van der Waals surface area contributed by atoms with Crippen molar-refractivity contribution in [2.75, 3.05) is 12.4 Å². The molecule has 10 nitrogen and oxygen atoms in total. The number of nitrogens with zero attached hydrogens (tertiary/aromatic N) is 8. The van der Waals surface area contributed by atoms with Crippen LogP contribution in [0.4, 0.5) is 14.6 Å². The monoisotopic (exact) mass is 522 g/mol. The van der Waals surface area contributed by atoms with Crippen LogP contribution in [-0.2, 0) is 19.6 Å². The first-order valence-electron chi connectivity index (χ1n) is 11.2. The first-order valence-corrected chi connectivity index (χ1v) is 11.5. The molecule has 4 aromatic rings. The predicted molar refractivity (Wildman–Crippen MR) is 135 cm³/mol. The van der Waals surface area contributed by atoms with Gasteiger partial charge in [-0.15, -0.1) is 10.2 Å². The van der Waals surface area contributed by atoms with Crippen LogP contribution in [0.15, 0.2) is 60.1 Å². The lowest BCUT2D eigenvalue weighted by Crippen LogP contribution is -2.28. The minimum atomic E-state index is -3.07. The maximum Gasteiger partial charge on any atom is 0.283 e. The molecule has 3 N–H and O–H groups in total. The topological polar surface area (TPSA) is 128 Å². The van der Waals surface area contributed by atoms with Crippen molar-refractivity contribution in [2.45, 2.75) is 25.6 Å². The highest BCUT2D eigenvalue weighted by molar-refractivity contribution is 6.33. The number of aromatic nitrogens is 6. The van der Waals surface area contributed by atoms with Crippen LogP contribution < -0.4 is 11.1 Å². The summed E-state index contributed by atoms with van der Waals surface area (Å²) in [7, 11) is 1.60. The summed E-state index contributed by atoms with van der Waals surface area (Å²) in [6.45, 7) is -0.987. The van der Waals surface area contributed by atoms with Crippen molar-refractivity contribution >= 4 is 23.3 Å². The SMILES string of the molecule is CN=C(C=CN)Nc1cc(-c2cc3n(c2)CC(F)(F)Cn2c(Cn4cccc4C#N)nnc2-3)c(Cl)cn1. The van der Waals surface area contributed by atoms with Gasteiger partial charge in [-0.25, -0.2) is 13.8 Å². The molecule has 0 radical (unpaired) electrons. The van der Waals surface area contributed by atoms with Gasteiger partial charge in [-0.1, -0.05) is 11.6 Å². The van der Waals surface area contributed by atoms with Gasteiger partial charge >= 0.3 is 0 Å². The number of nitriles is 1. The number of fused-ring (bicyclic) bond motifs is 3. The van der Waals surface area contributed by atoms with E-state index in [9.17, 15) is 5.26 Å². The zero-order valence-electron chi connectivity index (χ0n) is 19.6. The molecule has 4 aromatic heterocycles. The molecule has 0 aromatic carbocycles. The average molecular weight is 523 g/mol. The molecule has 0 amide bonds. The van der Waals surface area contributed by atoms with Crippen molar-refractivity contribution in [1.82, 2.24) is 28.9 Å². The molecular formula is C24H21ClF2N10. The smallest absolute Gasteiger partial charge is 0.283 e. The van der Waals surface area contributed by atoms with Crippen LogP contribution in [0.3, 0.4) is 0 Å². The second-order valence-electron chi connectivity index (χ2n) is 8.40. The third-order valence-electron chi connectivity index (χ3n) is 5.92. The molecule has 0 spiro atoms. The van der Waals surface area contributed by atoms with Crippen molar-refractivity contribution in [2.24, 2.45) is 10.7 Å². The zero-order valence-corrected chi connectivity index (χ0v) is 20.4. The molecule has 13 heteroatoms. The fourth-order valence-corrected chi connectivity index (χ4v) is 4.46. The van der Waals surface area contributed by atoms with E-state index in [1.165, 1.54) is 21.5 Å². The molecule has 5 heterocycles. The molecule has 37 heavy (non-hydrogen) atoms. The number of halogens is 3. The number of hydrogen-bond acceptors (Lipinski definition) is 6. The lowest BCUT2D eigenvalue weighted by Gasteiger charge is -2.16. The average Bonchev–Trinajstić information content (AvgIpc) is 3.57. The van der Waals surface area contributed by atoms with Gasteiger partial charge in [0.1, 0.15) is 23.4 Å². The highest BCUT2D eigenvalue weighted by atomic mass is 35.5. The molecule has 0 saturated carbocycles. The minimum absolute atomic E-state index is 0.135. The number of aliphatic imine (C=N–C) groups is 1. The van der Waals surface area contributed by atoms with Gasteiger partial charge in [-0.3, -0.25) is 4.99 Å². The Bertz CT molecular complexity index is 1570. The first-order chi connectivity index (χ1) is 17.8. The fraction of sp³-hybridized carbons (Fsp3) is 0.208. The highest BCUT2D eigenvalue weighted by Gasteiger charge is 2.37. The third kappa shape index (κ3) is 4.68. The summed E-state index contributed by atoms with van der Waals surface area (Å²) in [5.74, 6) is -1.50. The first kappa shape index (κ1) is 24.2. The second kappa shape index (κ2) is 9.51. The largest absolute Gasteiger partial charge is 0.404 e. The zero-order chi connectivity index (χ0) is 26.2. The van der Waals surface area contributed by atoms with Crippen molar-refractivity contribution in [3.63, 3.8) is 0 Å². The quantitative estimate of drug-likeness (QED) is 0.303. The number of alkyl halides is 2. The summed E-state index contributed by atoms with van der Waals surface area (Å²) in [5, 5.41) is 21.1. The Balaban J connectivity index is 1.56. The highest BCUT2D eigenvalue weighted by Crippen LogP contribution is 2.37. The van der Waals surface area contributed by atoms with Gasteiger partial charge in [-0.2, -0.15) is 5.26 Å². The van der Waals surface area contributed by atoms with Crippen LogP contribution in [0.5, 0.6) is 0 Å². The third-order valence-corrected chi connectivity index (χ3v) is 6.22. The standard InChI is InChI=1S/C24H21ClF2N10/c1-30-20(4-5-28)32-21-8-17(18(25)10-31-21)15-7-19-23-34-33-22(12-35-6-2-3-16(35)9-29)37(23)14-24(26,27)13-36(19)11-15/h2-8,10-11H,12-14,28H2,1H3,(H,30,31,32). The van der Waals surface area contributed by atoms with Gasteiger partial charge in [0.05, 0.1) is 30.4 Å². The van der Waals surface area contributed by atoms with Crippen LogP contribution in [0.1, 0.15) is 11.5 Å². The normalized spacial score (nSPS) is 14.7. The molecular weight excluding hydrogens is 502 g/mol. The number of amidine groups is 1. The van der Waals surface area contributed by atoms with E-state index < -0.39 is 19.0 Å². The number of nitrogens with two attached hydrogens (primary N) is 1. The Morgan fingerprint density at radius 3 is 2.95 bits per heavy atom. The van der Waals surface area contributed by atoms with Gasteiger partial charge < -0.3 is 24.8 Å². The molecule has 5 rings (SSSR count). The van der Waals surface area contributed by atoms with Gasteiger partial charge in [0, 0.05) is 36.8 Å². The lowest BCUT2D eigenvalue weighted by molar-refractivity contribution is -0.0301. The number of rotatable bonds is 5. The van der Waals surface area contributed by atoms with Crippen molar-refractivity contribution in [1.29, 1.82) is 5.26 Å². The van der Waals surface area contributed by atoms with Gasteiger partial charge in [0.2, 0.25) is 0 Å². The molecule has 0 atom stereocenters. The maximum absolute atomic E-state index is 15.1. The molecule has 1 aliphatic rings. The van der Waals surface area contributed by atoms with E-state index >= 15 is 8.78 Å². The molecule has 0 fully saturated rings. The molecule has 188 valence electrons. The van der Waals surface area contributed by atoms with E-state index in [2.05, 4.69) is 31.6 Å². The van der Waals surface area contributed by atoms with Crippen molar-refractivity contribution < 1.29 is 8.78 Å². The van der Waals surface area contributed by atoms with Gasteiger partial charge in [0.25, 0.3) is 5.92 Å². The Morgan fingerprint density at radius 1 is 1.35 bits per heavy atom. The predicted octanol–water partition coefficient (Wildman–Crippen LogP) is 3.74. The van der Waals surface area contributed by atoms with Crippen molar-refractivity contribution in [3.8, 4) is 28.7 Å². The Morgan fingerprint density at radius 2 is 2.19 bits per heavy atom. The number of anilines is 1. The summed E-state index contributed by atoms with van der Waals surface area (Å²) in [4.78, 5) is 8.35. The molecule has 1 aliphatic heterocycles. The molecule has 0 saturated heterocycles. The number of hydrogen-bond donors (Lipinski definition) is 2. The van der Waals surface area contributed by atoms with Crippen LogP contribution >= 0.6 is 11.6 Å². The fourth-order valence-electron chi connectivity index (χ4n) is 4.24. The van der Waals surface area contributed by atoms with E-state index in [1.807, 2.05) is 0 Å².